The van der Waals surface area contributed by atoms with Crippen LogP contribution in [0.3, 0.4) is 0 Å². The molecule has 0 aliphatic rings. The number of guanidine groups is 1. The predicted octanol–water partition coefficient (Wildman–Crippen LogP) is 3.14. The molecule has 130 valence electrons. The van der Waals surface area contributed by atoms with Crippen LogP contribution in [0, 0.1) is 0 Å². The monoisotopic (exact) mass is 440 g/mol. The van der Waals surface area contributed by atoms with E-state index in [1.807, 2.05) is 12.1 Å². The molecule has 2 rings (SSSR count). The first-order valence-corrected chi connectivity index (χ1v) is 7.77. The van der Waals surface area contributed by atoms with E-state index in [-0.39, 0.29) is 24.0 Å². The first kappa shape index (κ1) is 20.2. The van der Waals surface area contributed by atoms with E-state index in [9.17, 15) is 0 Å². The Balaban J connectivity index is 0.00000288. The SMILES string of the molecule is CCc1ccccc1CNC(=NC)NCc1ccc(OC)nc1.I. The summed E-state index contributed by atoms with van der Waals surface area (Å²) in [4.78, 5) is 8.45. The smallest absolute Gasteiger partial charge is 0.212 e. The highest BCUT2D eigenvalue weighted by molar-refractivity contribution is 14.0. The minimum Gasteiger partial charge on any atom is -0.481 e. The standard InChI is InChI=1S/C18H24N4O.HI/c1-4-15-7-5-6-8-16(15)13-22-18(19-2)21-12-14-9-10-17(23-3)20-11-14;/h5-11H,4,12-13H2,1-3H3,(H2,19,21,22);1H. The molecule has 0 saturated heterocycles. The molecule has 6 heteroatoms. The molecule has 1 heterocycles. The molecule has 2 N–H and O–H groups in total. The van der Waals surface area contributed by atoms with Gasteiger partial charge in [-0.2, -0.15) is 0 Å². The fraction of sp³-hybridized carbons (Fsp3) is 0.333. The van der Waals surface area contributed by atoms with Gasteiger partial charge in [-0.3, -0.25) is 4.99 Å². The molecule has 0 amide bonds. The Kier molecular flexibility index (Phi) is 9.14. The van der Waals surface area contributed by atoms with E-state index in [1.54, 1.807) is 20.4 Å². The van der Waals surface area contributed by atoms with Gasteiger partial charge in [0.05, 0.1) is 7.11 Å². The Morgan fingerprint density at radius 1 is 1.08 bits per heavy atom. The number of ether oxygens (including phenoxy) is 1. The summed E-state index contributed by atoms with van der Waals surface area (Å²) < 4.78 is 5.06. The number of aliphatic imine (C=N–C) groups is 1. The molecule has 0 unspecified atom stereocenters. The Labute approximate surface area is 161 Å². The summed E-state index contributed by atoms with van der Waals surface area (Å²) in [7, 11) is 3.38. The van der Waals surface area contributed by atoms with Crippen LogP contribution in [-0.4, -0.2) is 25.1 Å². The number of methoxy groups -OCH3 is 1. The van der Waals surface area contributed by atoms with E-state index < -0.39 is 0 Å². The molecular formula is C18H25IN4O. The number of aryl methyl sites for hydroxylation is 1. The van der Waals surface area contributed by atoms with Gasteiger partial charge in [0.25, 0.3) is 0 Å². The molecule has 0 saturated carbocycles. The van der Waals surface area contributed by atoms with Gasteiger partial charge in [0.1, 0.15) is 0 Å². The third kappa shape index (κ3) is 5.99. The lowest BCUT2D eigenvalue weighted by molar-refractivity contribution is 0.397. The van der Waals surface area contributed by atoms with Crippen LogP contribution in [0.4, 0.5) is 0 Å². The highest BCUT2D eigenvalue weighted by Crippen LogP contribution is 2.09. The first-order chi connectivity index (χ1) is 11.3. The van der Waals surface area contributed by atoms with Crippen LogP contribution in [0.15, 0.2) is 47.6 Å². The third-order valence-electron chi connectivity index (χ3n) is 3.64. The molecular weight excluding hydrogens is 415 g/mol. The lowest BCUT2D eigenvalue weighted by atomic mass is 10.1. The number of hydrogen-bond donors (Lipinski definition) is 2. The van der Waals surface area contributed by atoms with Gasteiger partial charge in [-0.1, -0.05) is 37.3 Å². The molecule has 0 aliphatic heterocycles. The Morgan fingerprint density at radius 2 is 1.79 bits per heavy atom. The van der Waals surface area contributed by atoms with Crippen molar-refractivity contribution in [1.29, 1.82) is 0 Å². The Bertz CT molecular complexity index is 644. The van der Waals surface area contributed by atoms with E-state index in [1.165, 1.54) is 11.1 Å². The topological polar surface area (TPSA) is 58.5 Å². The second kappa shape index (κ2) is 10.9. The zero-order chi connectivity index (χ0) is 16.5. The maximum absolute atomic E-state index is 5.06. The molecule has 2 aromatic rings. The van der Waals surface area contributed by atoms with Crippen LogP contribution in [0.1, 0.15) is 23.6 Å². The lowest BCUT2D eigenvalue weighted by Crippen LogP contribution is -2.36. The number of halogens is 1. The van der Waals surface area contributed by atoms with E-state index in [0.717, 1.165) is 24.5 Å². The molecule has 0 atom stereocenters. The maximum atomic E-state index is 5.06. The number of nitrogens with zero attached hydrogens (tertiary/aromatic N) is 2. The fourth-order valence-corrected chi connectivity index (χ4v) is 2.30. The zero-order valence-electron chi connectivity index (χ0n) is 14.4. The summed E-state index contributed by atoms with van der Waals surface area (Å²) in [6.07, 6.45) is 2.83. The minimum atomic E-state index is 0. The molecule has 24 heavy (non-hydrogen) atoms. The summed E-state index contributed by atoms with van der Waals surface area (Å²) in [6, 6.07) is 12.3. The van der Waals surface area contributed by atoms with Crippen molar-refractivity contribution in [2.45, 2.75) is 26.4 Å². The quantitative estimate of drug-likeness (QED) is 0.412. The maximum Gasteiger partial charge on any atom is 0.212 e. The Hall–Kier alpha value is -1.83. The van der Waals surface area contributed by atoms with Gasteiger partial charge in [-0.25, -0.2) is 4.98 Å². The largest absolute Gasteiger partial charge is 0.481 e. The lowest BCUT2D eigenvalue weighted by Gasteiger charge is -2.14. The van der Waals surface area contributed by atoms with E-state index in [2.05, 4.69) is 51.8 Å². The van der Waals surface area contributed by atoms with Gasteiger partial charge in [-0.15, -0.1) is 24.0 Å². The van der Waals surface area contributed by atoms with Crippen molar-refractivity contribution < 1.29 is 4.74 Å². The van der Waals surface area contributed by atoms with Crippen LogP contribution in [-0.2, 0) is 19.5 Å². The molecule has 5 nitrogen and oxygen atoms in total. The van der Waals surface area contributed by atoms with Gasteiger partial charge in [0.15, 0.2) is 5.96 Å². The van der Waals surface area contributed by atoms with Crippen molar-refractivity contribution >= 4 is 29.9 Å². The van der Waals surface area contributed by atoms with Gasteiger partial charge >= 0.3 is 0 Å². The highest BCUT2D eigenvalue weighted by Gasteiger charge is 2.02. The third-order valence-corrected chi connectivity index (χ3v) is 3.64. The van der Waals surface area contributed by atoms with Crippen molar-refractivity contribution in [2.75, 3.05) is 14.2 Å². The summed E-state index contributed by atoms with van der Waals surface area (Å²) in [5.74, 6) is 1.39. The Morgan fingerprint density at radius 3 is 2.38 bits per heavy atom. The number of pyridine rings is 1. The molecule has 0 spiro atoms. The molecule has 0 bridgehead atoms. The molecule has 0 aliphatic carbocycles. The highest BCUT2D eigenvalue weighted by atomic mass is 127. The first-order valence-electron chi connectivity index (χ1n) is 7.77. The van der Waals surface area contributed by atoms with Gasteiger partial charge < -0.3 is 15.4 Å². The van der Waals surface area contributed by atoms with Crippen LogP contribution < -0.4 is 15.4 Å². The van der Waals surface area contributed by atoms with Gasteiger partial charge in [0.2, 0.25) is 5.88 Å². The number of nitrogens with one attached hydrogen (secondary N) is 2. The molecule has 0 fully saturated rings. The molecule has 0 radical (unpaired) electrons. The second-order valence-corrected chi connectivity index (χ2v) is 5.11. The number of aromatic nitrogens is 1. The zero-order valence-corrected chi connectivity index (χ0v) is 16.7. The van der Waals surface area contributed by atoms with Crippen molar-refractivity contribution in [3.8, 4) is 5.88 Å². The van der Waals surface area contributed by atoms with E-state index in [4.69, 9.17) is 4.74 Å². The van der Waals surface area contributed by atoms with Gasteiger partial charge in [-0.05, 0) is 23.1 Å². The van der Waals surface area contributed by atoms with Crippen LogP contribution in [0.5, 0.6) is 5.88 Å². The summed E-state index contributed by atoms with van der Waals surface area (Å²) >= 11 is 0. The fourth-order valence-electron chi connectivity index (χ4n) is 2.30. The average Bonchev–Trinajstić information content (AvgIpc) is 2.62. The van der Waals surface area contributed by atoms with Crippen LogP contribution in [0.25, 0.3) is 0 Å². The van der Waals surface area contributed by atoms with Gasteiger partial charge in [0, 0.05) is 32.4 Å². The van der Waals surface area contributed by atoms with Crippen molar-refractivity contribution in [1.82, 2.24) is 15.6 Å². The van der Waals surface area contributed by atoms with Crippen LogP contribution in [0.2, 0.25) is 0 Å². The van der Waals surface area contributed by atoms with E-state index >= 15 is 0 Å². The van der Waals surface area contributed by atoms with Crippen molar-refractivity contribution in [3.05, 3.63) is 59.3 Å². The minimum absolute atomic E-state index is 0. The normalized spacial score (nSPS) is 10.7. The molecule has 1 aromatic carbocycles. The number of hydrogen-bond acceptors (Lipinski definition) is 3. The van der Waals surface area contributed by atoms with E-state index in [0.29, 0.717) is 12.4 Å². The van der Waals surface area contributed by atoms with Crippen LogP contribution >= 0.6 is 24.0 Å². The molecule has 1 aromatic heterocycles. The summed E-state index contributed by atoms with van der Waals surface area (Å²) in [5, 5.41) is 6.64. The average molecular weight is 440 g/mol. The second-order valence-electron chi connectivity index (χ2n) is 5.11. The summed E-state index contributed by atoms with van der Waals surface area (Å²) in [6.45, 7) is 3.58. The van der Waals surface area contributed by atoms with Crippen molar-refractivity contribution in [3.63, 3.8) is 0 Å². The van der Waals surface area contributed by atoms with Crippen molar-refractivity contribution in [2.24, 2.45) is 4.99 Å². The predicted molar refractivity (Wildman–Crippen MR) is 109 cm³/mol. The number of rotatable bonds is 6. The summed E-state index contributed by atoms with van der Waals surface area (Å²) in [5.41, 5.74) is 3.72. The number of benzene rings is 1.